The van der Waals surface area contributed by atoms with Gasteiger partial charge in [-0.25, -0.2) is 4.98 Å². The first kappa shape index (κ1) is 17.9. The molecule has 2 aromatic carbocycles. The number of rotatable bonds is 6. The average Bonchev–Trinajstić information content (AvgIpc) is 3.37. The Kier molecular flexibility index (Phi) is 5.58. The predicted octanol–water partition coefficient (Wildman–Crippen LogP) is 4.89. The van der Waals surface area contributed by atoms with E-state index < -0.39 is 0 Å². The van der Waals surface area contributed by atoms with Gasteiger partial charge in [-0.3, -0.25) is 4.79 Å². The lowest BCUT2D eigenvalue weighted by Gasteiger charge is -2.11. The van der Waals surface area contributed by atoms with Gasteiger partial charge >= 0.3 is 0 Å². The lowest BCUT2D eigenvalue weighted by molar-refractivity contribution is -0.119. The minimum absolute atomic E-state index is 0.0928. The molecule has 0 unspecified atom stereocenters. The Hall–Kier alpha value is -2.53. The molecule has 2 N–H and O–H groups in total. The summed E-state index contributed by atoms with van der Waals surface area (Å²) in [5.74, 6) is 1.30. The van der Waals surface area contributed by atoms with Crippen LogP contribution in [0.15, 0.2) is 65.7 Å². The summed E-state index contributed by atoms with van der Waals surface area (Å²) in [4.78, 5) is 20.6. The van der Waals surface area contributed by atoms with Crippen molar-refractivity contribution in [2.24, 2.45) is 0 Å². The van der Waals surface area contributed by atoms with Gasteiger partial charge in [0.2, 0.25) is 5.91 Å². The molecule has 1 fully saturated rings. The van der Waals surface area contributed by atoms with Crippen LogP contribution in [0.1, 0.15) is 25.7 Å². The van der Waals surface area contributed by atoms with Gasteiger partial charge in [-0.1, -0.05) is 85.3 Å². The number of nitrogens with one attached hydrogen (secondary N) is 2. The molecule has 1 heterocycles. The molecule has 4 nitrogen and oxygen atoms in total. The van der Waals surface area contributed by atoms with Crippen LogP contribution in [0.2, 0.25) is 0 Å². The third-order valence-electron chi connectivity index (χ3n) is 4.84. The summed E-state index contributed by atoms with van der Waals surface area (Å²) in [6, 6.07) is 20.6. The Bertz CT molecular complexity index is 886. The number of carbonyl (C=O) groups is 1. The third-order valence-corrected chi connectivity index (χ3v) is 5.82. The Morgan fingerprint density at radius 2 is 1.63 bits per heavy atom. The number of benzene rings is 2. The quantitative estimate of drug-likeness (QED) is 0.601. The maximum absolute atomic E-state index is 12.3. The predicted molar refractivity (Wildman–Crippen MR) is 111 cm³/mol. The lowest BCUT2D eigenvalue weighted by atomic mass is 10.2. The third kappa shape index (κ3) is 4.42. The van der Waals surface area contributed by atoms with Crippen LogP contribution in [0.5, 0.6) is 0 Å². The summed E-state index contributed by atoms with van der Waals surface area (Å²) in [5, 5.41) is 4.01. The van der Waals surface area contributed by atoms with Crippen molar-refractivity contribution >= 4 is 17.7 Å². The highest BCUT2D eigenvalue weighted by atomic mass is 32.2. The number of carbonyl (C=O) groups excluding carboxylic acids is 1. The van der Waals surface area contributed by atoms with E-state index in [4.69, 9.17) is 4.98 Å². The standard InChI is InChI=1S/C22H23N3OS/c26-19(23-18-13-7-8-14-18)15-27-22-20(16-9-3-1-4-10-16)24-21(25-22)17-11-5-2-6-12-17/h1-6,9-12,18H,7-8,13-15H2,(H,23,26)(H,24,25). The van der Waals surface area contributed by atoms with E-state index in [1.165, 1.54) is 24.6 Å². The number of imidazole rings is 1. The fourth-order valence-corrected chi connectivity index (χ4v) is 4.29. The Labute approximate surface area is 163 Å². The van der Waals surface area contributed by atoms with Crippen molar-refractivity contribution < 1.29 is 4.79 Å². The van der Waals surface area contributed by atoms with Crippen molar-refractivity contribution in [3.8, 4) is 22.6 Å². The van der Waals surface area contributed by atoms with Crippen LogP contribution in [-0.2, 0) is 4.79 Å². The molecule has 0 aliphatic heterocycles. The monoisotopic (exact) mass is 377 g/mol. The molecule has 0 bridgehead atoms. The fraction of sp³-hybridized carbons (Fsp3) is 0.273. The summed E-state index contributed by atoms with van der Waals surface area (Å²) in [5.41, 5.74) is 3.08. The van der Waals surface area contributed by atoms with Gasteiger partial charge in [-0.2, -0.15) is 0 Å². The van der Waals surface area contributed by atoms with Crippen LogP contribution in [0.25, 0.3) is 22.6 Å². The molecule has 3 aromatic rings. The first-order valence-corrected chi connectivity index (χ1v) is 10.4. The Morgan fingerprint density at radius 1 is 1.00 bits per heavy atom. The van der Waals surface area contributed by atoms with Gasteiger partial charge in [-0.15, -0.1) is 0 Å². The maximum Gasteiger partial charge on any atom is 0.230 e. The van der Waals surface area contributed by atoms with Crippen molar-refractivity contribution in [3.05, 3.63) is 60.7 Å². The van der Waals surface area contributed by atoms with E-state index in [0.29, 0.717) is 11.8 Å². The summed E-state index contributed by atoms with van der Waals surface area (Å²) >= 11 is 1.49. The van der Waals surface area contributed by atoms with Crippen LogP contribution >= 0.6 is 11.8 Å². The van der Waals surface area contributed by atoms with Gasteiger partial charge in [0, 0.05) is 17.2 Å². The molecule has 0 saturated heterocycles. The molecule has 1 aromatic heterocycles. The van der Waals surface area contributed by atoms with E-state index in [1.807, 2.05) is 48.5 Å². The molecule has 1 amide bonds. The molecule has 0 radical (unpaired) electrons. The van der Waals surface area contributed by atoms with Crippen LogP contribution in [0.4, 0.5) is 0 Å². The highest BCUT2D eigenvalue weighted by Crippen LogP contribution is 2.32. The summed E-state index contributed by atoms with van der Waals surface area (Å²) < 4.78 is 0. The van der Waals surface area contributed by atoms with E-state index >= 15 is 0 Å². The van der Waals surface area contributed by atoms with Gasteiger partial charge in [0.05, 0.1) is 11.4 Å². The molecule has 138 valence electrons. The molecule has 1 aliphatic rings. The minimum atomic E-state index is 0.0928. The lowest BCUT2D eigenvalue weighted by Crippen LogP contribution is -2.33. The second-order valence-electron chi connectivity index (χ2n) is 6.84. The molecule has 4 rings (SSSR count). The van der Waals surface area contributed by atoms with Gasteiger partial charge in [0.15, 0.2) is 0 Å². The molecular formula is C22H23N3OS. The Morgan fingerprint density at radius 3 is 2.30 bits per heavy atom. The van der Waals surface area contributed by atoms with E-state index in [-0.39, 0.29) is 5.91 Å². The van der Waals surface area contributed by atoms with Gasteiger partial charge < -0.3 is 10.3 Å². The normalized spacial score (nSPS) is 14.4. The smallest absolute Gasteiger partial charge is 0.230 e. The van der Waals surface area contributed by atoms with Gasteiger partial charge in [0.25, 0.3) is 0 Å². The molecule has 0 spiro atoms. The van der Waals surface area contributed by atoms with Crippen LogP contribution in [-0.4, -0.2) is 27.7 Å². The van der Waals surface area contributed by atoms with Crippen molar-refractivity contribution in [1.29, 1.82) is 0 Å². The minimum Gasteiger partial charge on any atom is -0.353 e. The Balaban J connectivity index is 1.54. The number of nitrogens with zero attached hydrogens (tertiary/aromatic N) is 1. The summed E-state index contributed by atoms with van der Waals surface area (Å²) in [7, 11) is 0. The summed E-state index contributed by atoms with van der Waals surface area (Å²) in [6.45, 7) is 0. The molecular weight excluding hydrogens is 354 g/mol. The highest BCUT2D eigenvalue weighted by molar-refractivity contribution is 8.00. The van der Waals surface area contributed by atoms with Gasteiger partial charge in [-0.05, 0) is 12.8 Å². The molecule has 5 heteroatoms. The van der Waals surface area contributed by atoms with Crippen molar-refractivity contribution in [2.45, 2.75) is 36.8 Å². The first-order chi connectivity index (χ1) is 13.3. The second kappa shape index (κ2) is 8.44. The van der Waals surface area contributed by atoms with Crippen molar-refractivity contribution in [2.75, 3.05) is 5.75 Å². The zero-order chi connectivity index (χ0) is 18.5. The SMILES string of the molecule is O=C(CSc1nc(-c2ccccc2)[nH]c1-c1ccccc1)NC1CCCC1. The van der Waals surface area contributed by atoms with E-state index in [1.54, 1.807) is 0 Å². The second-order valence-corrected chi connectivity index (χ2v) is 7.80. The first-order valence-electron chi connectivity index (χ1n) is 9.42. The number of hydrogen-bond donors (Lipinski definition) is 2. The van der Waals surface area contributed by atoms with Crippen molar-refractivity contribution in [1.82, 2.24) is 15.3 Å². The average molecular weight is 378 g/mol. The van der Waals surface area contributed by atoms with Crippen LogP contribution < -0.4 is 5.32 Å². The largest absolute Gasteiger partial charge is 0.353 e. The number of thioether (sulfide) groups is 1. The van der Waals surface area contributed by atoms with Crippen LogP contribution in [0.3, 0.4) is 0 Å². The van der Waals surface area contributed by atoms with Gasteiger partial charge in [0.1, 0.15) is 10.9 Å². The van der Waals surface area contributed by atoms with Crippen molar-refractivity contribution in [3.63, 3.8) is 0 Å². The van der Waals surface area contributed by atoms with E-state index in [9.17, 15) is 4.79 Å². The molecule has 1 saturated carbocycles. The summed E-state index contributed by atoms with van der Waals surface area (Å²) in [6.07, 6.45) is 4.64. The molecule has 0 atom stereocenters. The molecule has 1 aliphatic carbocycles. The fourth-order valence-electron chi connectivity index (χ4n) is 3.47. The zero-order valence-corrected chi connectivity index (χ0v) is 16.0. The number of hydrogen-bond acceptors (Lipinski definition) is 3. The highest BCUT2D eigenvalue weighted by Gasteiger charge is 2.19. The number of aromatic amines is 1. The zero-order valence-electron chi connectivity index (χ0n) is 15.2. The van der Waals surface area contributed by atoms with E-state index in [0.717, 1.165) is 40.5 Å². The van der Waals surface area contributed by atoms with Crippen LogP contribution in [0, 0.1) is 0 Å². The topological polar surface area (TPSA) is 57.8 Å². The number of H-pyrrole nitrogens is 1. The maximum atomic E-state index is 12.3. The molecule has 27 heavy (non-hydrogen) atoms. The number of aromatic nitrogens is 2. The van der Waals surface area contributed by atoms with E-state index in [2.05, 4.69) is 22.4 Å². The number of amides is 1.